The predicted molar refractivity (Wildman–Crippen MR) is 152 cm³/mol. The molecule has 2 aliphatic rings. The molecule has 0 N–H and O–H groups in total. The highest BCUT2D eigenvalue weighted by molar-refractivity contribution is 7.89. The fourth-order valence-electron chi connectivity index (χ4n) is 5.84. The monoisotopic (exact) mass is 573 g/mol. The number of carbonyl (C=O) groups is 1. The number of amides is 1. The number of thiophene rings is 1. The second-order valence-corrected chi connectivity index (χ2v) is 13.7. The number of likely N-dealkylation sites (tertiary alicyclic amines) is 1. The third-order valence-corrected chi connectivity index (χ3v) is 10.8. The van der Waals surface area contributed by atoms with Crippen molar-refractivity contribution in [2.75, 3.05) is 51.3 Å². The molecular weight excluding hydrogens is 538 g/mol. The Morgan fingerprint density at radius 2 is 1.77 bits per heavy atom. The van der Waals surface area contributed by atoms with Crippen LogP contribution in [0.4, 0.5) is 5.69 Å². The van der Waals surface area contributed by atoms with Crippen molar-refractivity contribution in [3.05, 3.63) is 45.8 Å². The van der Waals surface area contributed by atoms with Crippen LogP contribution in [0.1, 0.15) is 25.1 Å². The molecule has 0 saturated carbocycles. The summed E-state index contributed by atoms with van der Waals surface area (Å²) < 4.78 is 35.9. The number of benzene rings is 1. The number of fused-ring (bicyclic) bond motifs is 1. The van der Waals surface area contributed by atoms with Gasteiger partial charge in [-0.15, -0.1) is 11.3 Å². The molecule has 2 atom stereocenters. The van der Waals surface area contributed by atoms with Crippen LogP contribution < -0.4 is 15.2 Å². The van der Waals surface area contributed by atoms with E-state index in [-0.39, 0.29) is 35.8 Å². The Kier molecular flexibility index (Phi) is 7.71. The third kappa shape index (κ3) is 5.29. The molecule has 3 aromatic rings. The fraction of sp³-hybridized carbons (Fsp3) is 0.519. The van der Waals surface area contributed by atoms with E-state index in [1.165, 1.54) is 26.5 Å². The van der Waals surface area contributed by atoms with E-state index in [4.69, 9.17) is 4.74 Å². The first-order valence-corrected chi connectivity index (χ1v) is 15.5. The molecule has 1 aromatic carbocycles. The normalized spacial score (nSPS) is 20.9. The number of para-hydroxylation sites is 2. The molecule has 210 valence electrons. The predicted octanol–water partition coefficient (Wildman–Crippen LogP) is 2.79. The third-order valence-electron chi connectivity index (χ3n) is 7.59. The number of nitrogens with zero attached hydrogens (tertiary/aromatic N) is 5. The molecule has 0 aliphatic carbocycles. The molecule has 0 bridgehead atoms. The molecule has 0 unspecified atom stereocenters. The summed E-state index contributed by atoms with van der Waals surface area (Å²) in [4.78, 5) is 35.9. The summed E-state index contributed by atoms with van der Waals surface area (Å²) in [5.74, 6) is 1.38. The molecule has 0 radical (unpaired) electrons. The van der Waals surface area contributed by atoms with Crippen LogP contribution in [0.3, 0.4) is 0 Å². The zero-order valence-electron chi connectivity index (χ0n) is 22.8. The highest BCUT2D eigenvalue weighted by Gasteiger charge is 2.34. The second kappa shape index (κ2) is 10.9. The average molecular weight is 574 g/mol. The van der Waals surface area contributed by atoms with Gasteiger partial charge in [0, 0.05) is 44.1 Å². The van der Waals surface area contributed by atoms with Crippen molar-refractivity contribution >= 4 is 43.2 Å². The molecule has 2 saturated heterocycles. The summed E-state index contributed by atoms with van der Waals surface area (Å²) in [6.07, 6.45) is 2.43. The number of hydrogen-bond acceptors (Lipinski definition) is 8. The molecule has 2 fully saturated rings. The van der Waals surface area contributed by atoms with Gasteiger partial charge in [-0.2, -0.15) is 4.31 Å². The van der Waals surface area contributed by atoms with E-state index in [2.05, 4.69) is 23.7 Å². The lowest BCUT2D eigenvalue weighted by molar-refractivity contribution is -0.134. The highest BCUT2D eigenvalue weighted by atomic mass is 32.2. The second-order valence-electron chi connectivity index (χ2n) is 10.7. The average Bonchev–Trinajstić information content (AvgIpc) is 3.27. The number of sulfonamides is 1. The van der Waals surface area contributed by atoms with Gasteiger partial charge in [0.1, 0.15) is 22.0 Å². The van der Waals surface area contributed by atoms with Gasteiger partial charge in [0.15, 0.2) is 0 Å². The van der Waals surface area contributed by atoms with Crippen LogP contribution in [-0.2, 0) is 21.4 Å². The summed E-state index contributed by atoms with van der Waals surface area (Å²) >= 11 is 1.19. The SMILES string of the molecule is COc1ccccc1N1CCN(S(=O)(=O)c2c(C)sc3ncn(CC(=O)N4C[C@@H](C)C[C@H](C)C4)c(=O)c23)CC1. The van der Waals surface area contributed by atoms with Crippen LogP contribution in [0.5, 0.6) is 5.75 Å². The van der Waals surface area contributed by atoms with Gasteiger partial charge < -0.3 is 14.5 Å². The Labute approximate surface area is 232 Å². The van der Waals surface area contributed by atoms with Gasteiger partial charge in [0.05, 0.1) is 24.5 Å². The summed E-state index contributed by atoms with van der Waals surface area (Å²) in [5.41, 5.74) is 0.422. The number of aryl methyl sites for hydroxylation is 1. The van der Waals surface area contributed by atoms with Crippen LogP contribution >= 0.6 is 11.3 Å². The number of ether oxygens (including phenoxy) is 1. The van der Waals surface area contributed by atoms with Crippen molar-refractivity contribution in [3.63, 3.8) is 0 Å². The van der Waals surface area contributed by atoms with Crippen molar-refractivity contribution in [1.82, 2.24) is 18.8 Å². The number of methoxy groups -OCH3 is 1. The zero-order chi connectivity index (χ0) is 27.9. The van der Waals surface area contributed by atoms with E-state index in [0.29, 0.717) is 47.7 Å². The van der Waals surface area contributed by atoms with Crippen molar-refractivity contribution in [3.8, 4) is 5.75 Å². The quantitative estimate of drug-likeness (QED) is 0.447. The van der Waals surface area contributed by atoms with Crippen molar-refractivity contribution in [2.24, 2.45) is 11.8 Å². The Balaban J connectivity index is 1.40. The molecule has 0 spiro atoms. The molecule has 39 heavy (non-hydrogen) atoms. The number of carbonyl (C=O) groups excluding carboxylic acids is 1. The Morgan fingerprint density at radius 1 is 1.10 bits per heavy atom. The van der Waals surface area contributed by atoms with Crippen LogP contribution in [0.2, 0.25) is 0 Å². The maximum atomic E-state index is 13.9. The first-order valence-electron chi connectivity index (χ1n) is 13.2. The van der Waals surface area contributed by atoms with Gasteiger partial charge in [0.2, 0.25) is 15.9 Å². The maximum absolute atomic E-state index is 13.9. The van der Waals surface area contributed by atoms with Crippen LogP contribution in [0, 0.1) is 18.8 Å². The number of piperidine rings is 1. The minimum absolute atomic E-state index is 0.00718. The van der Waals surface area contributed by atoms with Crippen LogP contribution in [-0.4, -0.2) is 79.5 Å². The standard InChI is InChI=1S/C27H35N5O5S2/c1-18-13-19(2)15-30(14-18)23(33)16-31-17-28-26-24(27(31)34)25(20(3)38-26)39(35,36)32-11-9-29(10-12-32)21-7-5-6-8-22(21)37-4/h5-8,17-19H,9-16H2,1-4H3/t18-,19-/m0/s1. The first kappa shape index (κ1) is 27.6. The van der Waals surface area contributed by atoms with Gasteiger partial charge in [-0.3, -0.25) is 14.2 Å². The number of hydrogen-bond donors (Lipinski definition) is 0. The number of piperazine rings is 1. The Hall–Kier alpha value is -2.96. The van der Waals surface area contributed by atoms with Gasteiger partial charge in [-0.1, -0.05) is 26.0 Å². The van der Waals surface area contributed by atoms with Crippen molar-refractivity contribution < 1.29 is 17.9 Å². The van der Waals surface area contributed by atoms with Gasteiger partial charge in [-0.25, -0.2) is 13.4 Å². The molecule has 5 rings (SSSR count). The number of aromatic nitrogens is 2. The van der Waals surface area contributed by atoms with E-state index in [1.807, 2.05) is 24.3 Å². The number of rotatable bonds is 6. The number of anilines is 1. The topological polar surface area (TPSA) is 105 Å². The summed E-state index contributed by atoms with van der Waals surface area (Å²) in [7, 11) is -2.35. The molecule has 2 aromatic heterocycles. The molecule has 1 amide bonds. The smallest absolute Gasteiger partial charge is 0.263 e. The van der Waals surface area contributed by atoms with Crippen LogP contribution in [0.25, 0.3) is 10.2 Å². The van der Waals surface area contributed by atoms with E-state index in [1.54, 1.807) is 18.9 Å². The van der Waals surface area contributed by atoms with Gasteiger partial charge >= 0.3 is 0 Å². The molecule has 10 nitrogen and oxygen atoms in total. The molecule has 2 aliphatic heterocycles. The Bertz CT molecular complexity index is 1530. The van der Waals surface area contributed by atoms with Gasteiger partial charge in [0.25, 0.3) is 5.56 Å². The summed E-state index contributed by atoms with van der Waals surface area (Å²) in [5, 5.41) is 0.0698. The largest absolute Gasteiger partial charge is 0.495 e. The summed E-state index contributed by atoms with van der Waals surface area (Å²) in [6, 6.07) is 7.67. The maximum Gasteiger partial charge on any atom is 0.263 e. The lowest BCUT2D eigenvalue weighted by Crippen LogP contribution is -2.49. The van der Waals surface area contributed by atoms with E-state index in [9.17, 15) is 18.0 Å². The van der Waals surface area contributed by atoms with E-state index in [0.717, 1.165) is 17.9 Å². The van der Waals surface area contributed by atoms with E-state index >= 15 is 0 Å². The van der Waals surface area contributed by atoms with E-state index < -0.39 is 15.6 Å². The fourth-order valence-corrected chi connectivity index (χ4v) is 8.93. The molecular formula is C27H35N5O5S2. The molecule has 12 heteroatoms. The first-order chi connectivity index (χ1) is 18.6. The minimum atomic E-state index is -3.96. The van der Waals surface area contributed by atoms with Crippen molar-refractivity contribution in [2.45, 2.75) is 38.6 Å². The van der Waals surface area contributed by atoms with Gasteiger partial charge in [-0.05, 0) is 37.3 Å². The van der Waals surface area contributed by atoms with Crippen LogP contribution in [0.15, 0.2) is 40.3 Å². The molecule has 4 heterocycles. The lowest BCUT2D eigenvalue weighted by atomic mass is 9.92. The highest BCUT2D eigenvalue weighted by Crippen LogP contribution is 2.34. The van der Waals surface area contributed by atoms with Crippen molar-refractivity contribution in [1.29, 1.82) is 0 Å². The summed E-state index contributed by atoms with van der Waals surface area (Å²) in [6.45, 7) is 8.63. The lowest BCUT2D eigenvalue weighted by Gasteiger charge is -2.36. The zero-order valence-corrected chi connectivity index (χ0v) is 24.4. The minimum Gasteiger partial charge on any atom is -0.495 e. The Morgan fingerprint density at radius 3 is 2.44 bits per heavy atom.